The lowest BCUT2D eigenvalue weighted by Gasteiger charge is -2.39. The van der Waals surface area contributed by atoms with Gasteiger partial charge in [0.2, 0.25) is 0 Å². The zero-order chi connectivity index (χ0) is 13.9. The summed E-state index contributed by atoms with van der Waals surface area (Å²) in [5.41, 5.74) is 0.290. The number of ether oxygens (including phenoxy) is 1. The molecule has 2 rings (SSSR count). The Morgan fingerprint density at radius 2 is 1.84 bits per heavy atom. The van der Waals surface area contributed by atoms with Gasteiger partial charge < -0.3 is 4.74 Å². The Labute approximate surface area is 116 Å². The lowest BCUT2D eigenvalue weighted by Crippen LogP contribution is -2.37. The Morgan fingerprint density at radius 3 is 2.42 bits per heavy atom. The zero-order valence-electron chi connectivity index (χ0n) is 12.1. The minimum Gasteiger partial charge on any atom is -0.489 e. The van der Waals surface area contributed by atoms with E-state index in [2.05, 4.69) is 26.8 Å². The molecule has 0 amide bonds. The highest BCUT2D eigenvalue weighted by Gasteiger charge is 2.37. The maximum absolute atomic E-state index is 9.30. The number of nitrogens with zero attached hydrogens (tertiary/aromatic N) is 1. The number of nitriles is 1. The van der Waals surface area contributed by atoms with Crippen LogP contribution in [-0.4, -0.2) is 6.10 Å². The van der Waals surface area contributed by atoms with E-state index in [1.807, 2.05) is 30.3 Å². The Balaban J connectivity index is 2.09. The zero-order valence-corrected chi connectivity index (χ0v) is 12.1. The third-order valence-corrected chi connectivity index (χ3v) is 4.21. The molecular weight excluding hydrogens is 234 g/mol. The monoisotopic (exact) mass is 257 g/mol. The lowest BCUT2D eigenvalue weighted by atomic mass is 9.69. The molecule has 1 aromatic carbocycles. The van der Waals surface area contributed by atoms with Gasteiger partial charge in [-0.25, -0.2) is 0 Å². The topological polar surface area (TPSA) is 33.0 Å². The van der Waals surface area contributed by atoms with Crippen LogP contribution >= 0.6 is 0 Å². The molecule has 0 heterocycles. The first-order valence-corrected chi connectivity index (χ1v) is 7.12. The molecule has 0 bridgehead atoms. The number of hydrogen-bond acceptors (Lipinski definition) is 2. The van der Waals surface area contributed by atoms with E-state index >= 15 is 0 Å². The van der Waals surface area contributed by atoms with Gasteiger partial charge in [-0.05, 0) is 42.7 Å². The number of para-hydroxylation sites is 1. The van der Waals surface area contributed by atoms with Gasteiger partial charge in [0.05, 0.1) is 12.0 Å². The molecule has 0 aromatic heterocycles. The molecule has 1 aliphatic rings. The second kappa shape index (κ2) is 5.65. The van der Waals surface area contributed by atoms with Gasteiger partial charge in [0.25, 0.3) is 0 Å². The summed E-state index contributed by atoms with van der Waals surface area (Å²) in [6, 6.07) is 12.3. The van der Waals surface area contributed by atoms with Crippen molar-refractivity contribution in [1.29, 1.82) is 5.26 Å². The molecule has 1 saturated carbocycles. The fraction of sp³-hybridized carbons (Fsp3) is 0.588. The molecule has 1 fully saturated rings. The Bertz CT molecular complexity index is 441. The minimum absolute atomic E-state index is 0.0267. The minimum atomic E-state index is 0.0267. The fourth-order valence-corrected chi connectivity index (χ4v) is 2.87. The maximum Gasteiger partial charge on any atom is 0.119 e. The van der Waals surface area contributed by atoms with Crippen LogP contribution in [-0.2, 0) is 0 Å². The molecule has 0 radical (unpaired) electrons. The molecule has 0 saturated heterocycles. The van der Waals surface area contributed by atoms with E-state index in [9.17, 15) is 5.26 Å². The third kappa shape index (κ3) is 3.50. The summed E-state index contributed by atoms with van der Waals surface area (Å²) in [6.07, 6.45) is 3.11. The number of rotatable bonds is 2. The van der Waals surface area contributed by atoms with Gasteiger partial charge in [0, 0.05) is 0 Å². The first-order chi connectivity index (χ1) is 9.00. The van der Waals surface area contributed by atoms with Crippen molar-refractivity contribution in [3.8, 4) is 11.8 Å². The molecule has 19 heavy (non-hydrogen) atoms. The first-order valence-electron chi connectivity index (χ1n) is 7.12. The average molecular weight is 257 g/mol. The second-order valence-electron chi connectivity index (χ2n) is 6.58. The largest absolute Gasteiger partial charge is 0.489 e. The molecule has 102 valence electrons. The summed E-state index contributed by atoms with van der Waals surface area (Å²) in [5.74, 6) is 1.53. The average Bonchev–Trinajstić information content (AvgIpc) is 2.39. The SMILES string of the molecule is CC(C)(C)C1CCC(C#N)C(Oc2ccccc2)C1. The van der Waals surface area contributed by atoms with Gasteiger partial charge in [-0.1, -0.05) is 39.0 Å². The van der Waals surface area contributed by atoms with Gasteiger partial charge in [0.15, 0.2) is 0 Å². The quantitative estimate of drug-likeness (QED) is 0.785. The number of hydrogen-bond donors (Lipinski definition) is 0. The van der Waals surface area contributed by atoms with Crippen molar-refractivity contribution >= 4 is 0 Å². The molecule has 1 aliphatic carbocycles. The third-order valence-electron chi connectivity index (χ3n) is 4.21. The standard InChI is InChI=1S/C17H23NO/c1-17(2,3)14-10-9-13(12-18)16(11-14)19-15-7-5-4-6-8-15/h4-8,13-14,16H,9-11H2,1-3H3. The van der Waals surface area contributed by atoms with Crippen molar-refractivity contribution < 1.29 is 4.74 Å². The molecular formula is C17H23NO. The van der Waals surface area contributed by atoms with Gasteiger partial charge >= 0.3 is 0 Å². The normalized spacial score (nSPS) is 27.6. The molecule has 1 aromatic rings. The fourth-order valence-electron chi connectivity index (χ4n) is 2.87. The highest BCUT2D eigenvalue weighted by atomic mass is 16.5. The van der Waals surface area contributed by atoms with E-state index in [0.717, 1.165) is 25.0 Å². The summed E-state index contributed by atoms with van der Waals surface area (Å²) in [5, 5.41) is 9.30. The molecule has 3 atom stereocenters. The van der Waals surface area contributed by atoms with E-state index in [4.69, 9.17) is 4.74 Å². The van der Waals surface area contributed by atoms with E-state index in [1.54, 1.807) is 0 Å². The lowest BCUT2D eigenvalue weighted by molar-refractivity contribution is 0.0493. The highest BCUT2D eigenvalue weighted by Crippen LogP contribution is 2.41. The van der Waals surface area contributed by atoms with Crippen LogP contribution in [0.2, 0.25) is 0 Å². The van der Waals surface area contributed by atoms with Crippen LogP contribution in [0.15, 0.2) is 30.3 Å². The number of benzene rings is 1. The molecule has 0 spiro atoms. The smallest absolute Gasteiger partial charge is 0.119 e. The van der Waals surface area contributed by atoms with Crippen molar-refractivity contribution in [1.82, 2.24) is 0 Å². The summed E-state index contributed by atoms with van der Waals surface area (Å²) in [4.78, 5) is 0. The predicted molar refractivity (Wildman–Crippen MR) is 76.8 cm³/mol. The molecule has 2 heteroatoms. The van der Waals surface area contributed by atoms with E-state index in [0.29, 0.717) is 11.3 Å². The van der Waals surface area contributed by atoms with E-state index < -0.39 is 0 Å². The van der Waals surface area contributed by atoms with Crippen LogP contribution in [0.5, 0.6) is 5.75 Å². The van der Waals surface area contributed by atoms with Crippen LogP contribution in [0.3, 0.4) is 0 Å². The summed E-state index contributed by atoms with van der Waals surface area (Å²) < 4.78 is 6.06. The maximum atomic E-state index is 9.30. The van der Waals surface area contributed by atoms with Crippen molar-refractivity contribution in [3.05, 3.63) is 30.3 Å². The van der Waals surface area contributed by atoms with Crippen LogP contribution in [0.1, 0.15) is 40.0 Å². The van der Waals surface area contributed by atoms with Crippen molar-refractivity contribution in [2.75, 3.05) is 0 Å². The molecule has 0 aliphatic heterocycles. The van der Waals surface area contributed by atoms with Crippen molar-refractivity contribution in [3.63, 3.8) is 0 Å². The summed E-state index contributed by atoms with van der Waals surface area (Å²) in [7, 11) is 0. The molecule has 3 unspecified atom stereocenters. The van der Waals surface area contributed by atoms with E-state index in [1.165, 1.54) is 0 Å². The summed E-state index contributed by atoms with van der Waals surface area (Å²) in [6.45, 7) is 6.85. The van der Waals surface area contributed by atoms with Gasteiger partial charge in [-0.2, -0.15) is 5.26 Å². The molecule has 0 N–H and O–H groups in total. The summed E-state index contributed by atoms with van der Waals surface area (Å²) >= 11 is 0. The Kier molecular flexibility index (Phi) is 4.14. The van der Waals surface area contributed by atoms with Gasteiger partial charge in [-0.15, -0.1) is 0 Å². The Hall–Kier alpha value is -1.49. The second-order valence-corrected chi connectivity index (χ2v) is 6.58. The van der Waals surface area contributed by atoms with Gasteiger partial charge in [0.1, 0.15) is 11.9 Å². The van der Waals surface area contributed by atoms with Crippen molar-refractivity contribution in [2.24, 2.45) is 17.3 Å². The molecule has 2 nitrogen and oxygen atoms in total. The van der Waals surface area contributed by atoms with Gasteiger partial charge in [-0.3, -0.25) is 0 Å². The Morgan fingerprint density at radius 1 is 1.16 bits per heavy atom. The van der Waals surface area contributed by atoms with Crippen LogP contribution in [0.25, 0.3) is 0 Å². The van der Waals surface area contributed by atoms with Crippen molar-refractivity contribution in [2.45, 2.75) is 46.1 Å². The van der Waals surface area contributed by atoms with E-state index in [-0.39, 0.29) is 12.0 Å². The highest BCUT2D eigenvalue weighted by molar-refractivity contribution is 5.21. The van der Waals surface area contributed by atoms with Crippen LogP contribution < -0.4 is 4.74 Å². The van der Waals surface area contributed by atoms with Crippen LogP contribution in [0.4, 0.5) is 0 Å². The predicted octanol–water partition coefficient (Wildman–Crippen LogP) is 4.42. The van der Waals surface area contributed by atoms with Crippen LogP contribution in [0, 0.1) is 28.6 Å². The first kappa shape index (κ1) is 13.9.